The highest BCUT2D eigenvalue weighted by Crippen LogP contribution is 2.21. The maximum Gasteiger partial charge on any atom is 0.198 e. The van der Waals surface area contributed by atoms with E-state index in [4.69, 9.17) is 5.84 Å². The van der Waals surface area contributed by atoms with Gasteiger partial charge in [0.2, 0.25) is 0 Å². The predicted octanol–water partition coefficient (Wildman–Crippen LogP) is 1.45. The van der Waals surface area contributed by atoms with Gasteiger partial charge in [-0.25, -0.2) is 4.68 Å². The lowest BCUT2D eigenvalue weighted by Crippen LogP contribution is -2.11. The lowest BCUT2D eigenvalue weighted by molar-refractivity contribution is 0.930. The third-order valence-corrected chi connectivity index (χ3v) is 2.64. The van der Waals surface area contributed by atoms with E-state index in [0.717, 1.165) is 16.6 Å². The van der Waals surface area contributed by atoms with Gasteiger partial charge in [0.05, 0.1) is 5.69 Å². The summed E-state index contributed by atoms with van der Waals surface area (Å²) in [6.07, 6.45) is 0. The smallest absolute Gasteiger partial charge is 0.198 e. The molecule has 0 aliphatic heterocycles. The average molecular weight is 213 g/mol. The molecule has 80 valence electrons. The molecule has 0 unspecified atom stereocenters. The number of hydrogen-bond acceptors (Lipinski definition) is 3. The van der Waals surface area contributed by atoms with Gasteiger partial charge in [0.15, 0.2) is 5.82 Å². The van der Waals surface area contributed by atoms with Crippen LogP contribution in [0.3, 0.4) is 0 Å². The summed E-state index contributed by atoms with van der Waals surface area (Å²) in [5, 5.41) is 9.11. The maximum atomic E-state index is 5.83. The third kappa shape index (κ3) is 1.18. The number of benzene rings is 1. The van der Waals surface area contributed by atoms with Crippen LogP contribution in [0.15, 0.2) is 30.3 Å². The van der Waals surface area contributed by atoms with Gasteiger partial charge < -0.3 is 10.8 Å². The van der Waals surface area contributed by atoms with Crippen LogP contribution in [0.5, 0.6) is 0 Å². The highest BCUT2D eigenvalue weighted by Gasteiger charge is 2.10. The van der Waals surface area contributed by atoms with E-state index in [2.05, 4.69) is 15.2 Å². The zero-order chi connectivity index (χ0) is 11.1. The zero-order valence-electron chi connectivity index (χ0n) is 8.81. The summed E-state index contributed by atoms with van der Waals surface area (Å²) in [5.74, 6) is 7.16. The fraction of sp³-hybridized carbons (Fsp3) is 0.0909. The number of fused-ring (bicyclic) bond motifs is 1. The standard InChI is InChI=1S/C11H11N5/c1-7-14-15-11(16(7)12)10-6-8-4-2-3-5-9(8)13-10/h2-6,13H,12H2,1H3. The van der Waals surface area contributed by atoms with Crippen molar-refractivity contribution in [1.82, 2.24) is 19.9 Å². The first-order chi connectivity index (χ1) is 7.75. The van der Waals surface area contributed by atoms with E-state index in [-0.39, 0.29) is 0 Å². The molecule has 0 spiro atoms. The molecule has 0 saturated carbocycles. The Hall–Kier alpha value is -2.30. The molecule has 16 heavy (non-hydrogen) atoms. The van der Waals surface area contributed by atoms with Gasteiger partial charge in [0.25, 0.3) is 0 Å². The van der Waals surface area contributed by atoms with Crippen LogP contribution in [0.2, 0.25) is 0 Å². The number of para-hydroxylation sites is 1. The molecule has 0 bridgehead atoms. The number of hydrogen-bond donors (Lipinski definition) is 2. The number of nitrogens with zero attached hydrogens (tertiary/aromatic N) is 3. The number of rotatable bonds is 1. The zero-order valence-corrected chi connectivity index (χ0v) is 8.81. The second-order valence-electron chi connectivity index (χ2n) is 3.71. The number of aromatic amines is 1. The van der Waals surface area contributed by atoms with Crippen molar-refractivity contribution in [1.29, 1.82) is 0 Å². The minimum Gasteiger partial charge on any atom is -0.352 e. The normalized spacial score (nSPS) is 11.1. The van der Waals surface area contributed by atoms with Crippen molar-refractivity contribution in [3.63, 3.8) is 0 Å². The average Bonchev–Trinajstić information content (AvgIpc) is 2.84. The van der Waals surface area contributed by atoms with Gasteiger partial charge >= 0.3 is 0 Å². The van der Waals surface area contributed by atoms with Crippen molar-refractivity contribution in [2.24, 2.45) is 0 Å². The Balaban J connectivity index is 2.23. The summed E-state index contributed by atoms with van der Waals surface area (Å²) in [6.45, 7) is 1.82. The summed E-state index contributed by atoms with van der Waals surface area (Å²) in [4.78, 5) is 3.26. The summed E-state index contributed by atoms with van der Waals surface area (Å²) < 4.78 is 1.48. The van der Waals surface area contributed by atoms with Crippen LogP contribution in [0, 0.1) is 6.92 Å². The van der Waals surface area contributed by atoms with Gasteiger partial charge in [-0.3, -0.25) is 0 Å². The molecule has 3 N–H and O–H groups in total. The topological polar surface area (TPSA) is 72.5 Å². The minimum atomic E-state index is 0.647. The largest absolute Gasteiger partial charge is 0.352 e. The molecule has 0 radical (unpaired) electrons. The van der Waals surface area contributed by atoms with E-state index in [0.29, 0.717) is 11.6 Å². The van der Waals surface area contributed by atoms with Crippen LogP contribution in [-0.2, 0) is 0 Å². The van der Waals surface area contributed by atoms with Crippen molar-refractivity contribution in [3.8, 4) is 11.5 Å². The Kier molecular flexibility index (Phi) is 1.73. The molecule has 0 fully saturated rings. The monoisotopic (exact) mass is 213 g/mol. The van der Waals surface area contributed by atoms with Crippen LogP contribution in [0.4, 0.5) is 0 Å². The van der Waals surface area contributed by atoms with Crippen molar-refractivity contribution in [2.45, 2.75) is 6.92 Å². The fourth-order valence-electron chi connectivity index (χ4n) is 1.75. The first-order valence-electron chi connectivity index (χ1n) is 5.01. The highest BCUT2D eigenvalue weighted by atomic mass is 15.4. The maximum absolute atomic E-state index is 5.83. The molecule has 0 atom stereocenters. The first kappa shape index (κ1) is 8.96. The molecule has 2 heterocycles. The van der Waals surface area contributed by atoms with Crippen LogP contribution in [0.1, 0.15) is 5.82 Å². The van der Waals surface area contributed by atoms with E-state index in [1.165, 1.54) is 4.68 Å². The van der Waals surface area contributed by atoms with Gasteiger partial charge in [-0.1, -0.05) is 18.2 Å². The quantitative estimate of drug-likeness (QED) is 0.601. The predicted molar refractivity (Wildman–Crippen MR) is 62.2 cm³/mol. The molecule has 0 aliphatic rings. The summed E-state index contributed by atoms with van der Waals surface area (Å²) in [7, 11) is 0. The van der Waals surface area contributed by atoms with Gasteiger partial charge in [-0.15, -0.1) is 10.2 Å². The Morgan fingerprint density at radius 1 is 1.25 bits per heavy atom. The molecule has 2 aromatic heterocycles. The molecule has 5 heteroatoms. The Bertz CT molecular complexity index is 616. The molecular weight excluding hydrogens is 202 g/mol. The fourth-order valence-corrected chi connectivity index (χ4v) is 1.75. The Morgan fingerprint density at radius 3 is 2.75 bits per heavy atom. The van der Waals surface area contributed by atoms with Crippen LogP contribution in [0.25, 0.3) is 22.4 Å². The van der Waals surface area contributed by atoms with Gasteiger partial charge in [0, 0.05) is 10.9 Å². The first-order valence-corrected chi connectivity index (χ1v) is 5.01. The van der Waals surface area contributed by atoms with Crippen molar-refractivity contribution in [2.75, 3.05) is 5.84 Å². The summed E-state index contributed by atoms with van der Waals surface area (Å²) in [6, 6.07) is 10.1. The SMILES string of the molecule is Cc1nnc(-c2cc3ccccc3[nH]2)n1N. The van der Waals surface area contributed by atoms with E-state index in [1.54, 1.807) is 0 Å². The number of nitrogens with one attached hydrogen (secondary N) is 1. The van der Waals surface area contributed by atoms with E-state index < -0.39 is 0 Å². The Labute approximate surface area is 91.9 Å². The molecule has 0 saturated heterocycles. The second-order valence-corrected chi connectivity index (χ2v) is 3.71. The number of aryl methyl sites for hydroxylation is 1. The summed E-state index contributed by atoms with van der Waals surface area (Å²) in [5.41, 5.74) is 1.95. The van der Waals surface area contributed by atoms with E-state index >= 15 is 0 Å². The molecular formula is C11H11N5. The van der Waals surface area contributed by atoms with Crippen molar-refractivity contribution in [3.05, 3.63) is 36.2 Å². The summed E-state index contributed by atoms with van der Waals surface area (Å²) >= 11 is 0. The molecule has 3 aromatic rings. The number of nitrogen functional groups attached to an aromatic ring is 1. The molecule has 0 amide bonds. The van der Waals surface area contributed by atoms with Gasteiger partial charge in [-0.2, -0.15) is 0 Å². The van der Waals surface area contributed by atoms with Gasteiger partial charge in [0.1, 0.15) is 5.82 Å². The van der Waals surface area contributed by atoms with Crippen LogP contribution in [-0.4, -0.2) is 19.9 Å². The molecule has 3 rings (SSSR count). The van der Waals surface area contributed by atoms with E-state index in [1.807, 2.05) is 37.3 Å². The minimum absolute atomic E-state index is 0.647. The van der Waals surface area contributed by atoms with E-state index in [9.17, 15) is 0 Å². The number of nitrogens with two attached hydrogens (primary N) is 1. The lowest BCUT2D eigenvalue weighted by atomic mass is 10.2. The second kappa shape index (κ2) is 3.10. The van der Waals surface area contributed by atoms with Gasteiger partial charge in [-0.05, 0) is 19.1 Å². The highest BCUT2D eigenvalue weighted by molar-refractivity contribution is 5.84. The van der Waals surface area contributed by atoms with Crippen molar-refractivity contribution < 1.29 is 0 Å². The van der Waals surface area contributed by atoms with Crippen molar-refractivity contribution >= 4 is 10.9 Å². The van der Waals surface area contributed by atoms with Crippen LogP contribution >= 0.6 is 0 Å². The number of H-pyrrole nitrogens is 1. The molecule has 5 nitrogen and oxygen atoms in total. The Morgan fingerprint density at radius 2 is 2.06 bits per heavy atom. The number of aromatic nitrogens is 4. The lowest BCUT2D eigenvalue weighted by Gasteiger charge is -1.97. The third-order valence-electron chi connectivity index (χ3n) is 2.64. The molecule has 1 aromatic carbocycles. The molecule has 0 aliphatic carbocycles. The van der Waals surface area contributed by atoms with Crippen LogP contribution < -0.4 is 5.84 Å².